The standard InChI is InChI=1S/C8H4Cl2N2/c9-6-1-2-7(10)8-5(6)3-11-4-12-8/h1-4H. The maximum atomic E-state index is 5.89. The van der Waals surface area contributed by atoms with Crippen molar-refractivity contribution in [3.05, 3.63) is 34.7 Å². The van der Waals surface area contributed by atoms with Crippen molar-refractivity contribution in [2.24, 2.45) is 0 Å². The zero-order valence-electron chi connectivity index (χ0n) is 5.96. The Morgan fingerprint density at radius 2 is 1.83 bits per heavy atom. The number of aromatic nitrogens is 2. The van der Waals surface area contributed by atoms with E-state index in [1.807, 2.05) is 0 Å². The molecule has 0 aliphatic heterocycles. The zero-order chi connectivity index (χ0) is 8.55. The molecule has 0 amide bonds. The van der Waals surface area contributed by atoms with Gasteiger partial charge in [0.1, 0.15) is 6.33 Å². The van der Waals surface area contributed by atoms with Crippen molar-refractivity contribution < 1.29 is 0 Å². The van der Waals surface area contributed by atoms with Crippen LogP contribution in [0.2, 0.25) is 10.0 Å². The van der Waals surface area contributed by atoms with Crippen LogP contribution in [0.4, 0.5) is 0 Å². The van der Waals surface area contributed by atoms with Crippen LogP contribution in [0, 0.1) is 0 Å². The molecule has 0 saturated carbocycles. The van der Waals surface area contributed by atoms with Gasteiger partial charge in [0.15, 0.2) is 0 Å². The molecule has 0 atom stereocenters. The van der Waals surface area contributed by atoms with Crippen LogP contribution in [0.15, 0.2) is 24.7 Å². The van der Waals surface area contributed by atoms with E-state index in [1.54, 1.807) is 18.3 Å². The van der Waals surface area contributed by atoms with Crippen molar-refractivity contribution in [3.8, 4) is 0 Å². The highest BCUT2D eigenvalue weighted by Gasteiger charge is 2.02. The van der Waals surface area contributed by atoms with Gasteiger partial charge in [-0.15, -0.1) is 0 Å². The van der Waals surface area contributed by atoms with Crippen LogP contribution in [0.25, 0.3) is 10.9 Å². The molecule has 2 rings (SSSR count). The molecule has 1 heterocycles. The van der Waals surface area contributed by atoms with Gasteiger partial charge in [0, 0.05) is 11.6 Å². The van der Waals surface area contributed by atoms with Crippen molar-refractivity contribution in [1.29, 1.82) is 0 Å². The largest absolute Gasteiger partial charge is 0.244 e. The van der Waals surface area contributed by atoms with Crippen molar-refractivity contribution in [2.75, 3.05) is 0 Å². The number of rotatable bonds is 0. The summed E-state index contributed by atoms with van der Waals surface area (Å²) in [6.45, 7) is 0. The predicted octanol–water partition coefficient (Wildman–Crippen LogP) is 2.94. The zero-order valence-corrected chi connectivity index (χ0v) is 7.47. The third-order valence-corrected chi connectivity index (χ3v) is 2.21. The Balaban J connectivity index is 2.95. The molecule has 1 aromatic heterocycles. The average Bonchev–Trinajstić information content (AvgIpc) is 2.12. The number of fused-ring (bicyclic) bond motifs is 1. The highest BCUT2D eigenvalue weighted by Crippen LogP contribution is 2.26. The number of hydrogen-bond acceptors (Lipinski definition) is 2. The number of halogens is 2. The first-order chi connectivity index (χ1) is 5.79. The smallest absolute Gasteiger partial charge is 0.116 e. The first kappa shape index (κ1) is 7.77. The molecule has 0 bridgehead atoms. The van der Waals surface area contributed by atoms with Gasteiger partial charge in [-0.05, 0) is 12.1 Å². The highest BCUT2D eigenvalue weighted by atomic mass is 35.5. The first-order valence-electron chi connectivity index (χ1n) is 3.33. The van der Waals surface area contributed by atoms with Gasteiger partial charge in [-0.1, -0.05) is 23.2 Å². The van der Waals surface area contributed by atoms with Crippen molar-refractivity contribution in [1.82, 2.24) is 9.97 Å². The van der Waals surface area contributed by atoms with E-state index in [4.69, 9.17) is 23.2 Å². The van der Waals surface area contributed by atoms with Crippen LogP contribution < -0.4 is 0 Å². The molecule has 0 spiro atoms. The van der Waals surface area contributed by atoms with Crippen LogP contribution in [0.1, 0.15) is 0 Å². The van der Waals surface area contributed by atoms with Gasteiger partial charge in [-0.25, -0.2) is 9.97 Å². The fourth-order valence-corrected chi connectivity index (χ4v) is 1.42. The van der Waals surface area contributed by atoms with Gasteiger partial charge in [0.2, 0.25) is 0 Å². The Labute approximate surface area is 79.2 Å². The molecule has 2 aromatic rings. The van der Waals surface area contributed by atoms with Gasteiger partial charge >= 0.3 is 0 Å². The second-order valence-electron chi connectivity index (χ2n) is 2.31. The quantitative estimate of drug-likeness (QED) is 0.651. The van der Waals surface area contributed by atoms with Crippen LogP contribution >= 0.6 is 23.2 Å². The predicted molar refractivity (Wildman–Crippen MR) is 49.6 cm³/mol. The summed E-state index contributed by atoms with van der Waals surface area (Å²) < 4.78 is 0. The van der Waals surface area contributed by atoms with E-state index in [9.17, 15) is 0 Å². The monoisotopic (exact) mass is 198 g/mol. The Hall–Kier alpha value is -0.860. The van der Waals surface area contributed by atoms with E-state index in [1.165, 1.54) is 6.33 Å². The molecular weight excluding hydrogens is 195 g/mol. The minimum atomic E-state index is 0.594. The second-order valence-corrected chi connectivity index (χ2v) is 3.13. The topological polar surface area (TPSA) is 25.8 Å². The number of hydrogen-bond donors (Lipinski definition) is 0. The van der Waals surface area contributed by atoms with Crippen LogP contribution in [0.5, 0.6) is 0 Å². The molecule has 2 nitrogen and oxygen atoms in total. The van der Waals surface area contributed by atoms with Crippen LogP contribution in [0.3, 0.4) is 0 Å². The Bertz CT molecular complexity index is 388. The Kier molecular flexibility index (Phi) is 1.87. The lowest BCUT2D eigenvalue weighted by molar-refractivity contribution is 1.22. The highest BCUT2D eigenvalue weighted by molar-refractivity contribution is 6.39. The molecule has 60 valence electrons. The van der Waals surface area contributed by atoms with E-state index in [-0.39, 0.29) is 0 Å². The summed E-state index contributed by atoms with van der Waals surface area (Å²) in [6.07, 6.45) is 3.10. The number of benzene rings is 1. The average molecular weight is 199 g/mol. The maximum Gasteiger partial charge on any atom is 0.116 e. The Morgan fingerprint density at radius 1 is 1.08 bits per heavy atom. The molecule has 0 unspecified atom stereocenters. The van der Waals surface area contributed by atoms with E-state index in [0.717, 1.165) is 5.39 Å². The lowest BCUT2D eigenvalue weighted by atomic mass is 10.2. The second kappa shape index (κ2) is 2.88. The summed E-state index contributed by atoms with van der Waals surface area (Å²) in [4.78, 5) is 7.87. The molecule has 0 N–H and O–H groups in total. The molecular formula is C8H4Cl2N2. The van der Waals surface area contributed by atoms with Gasteiger partial charge in [-0.3, -0.25) is 0 Å². The van der Waals surface area contributed by atoms with Crippen molar-refractivity contribution in [3.63, 3.8) is 0 Å². The van der Waals surface area contributed by atoms with Crippen LogP contribution in [-0.4, -0.2) is 9.97 Å². The summed E-state index contributed by atoms with van der Waals surface area (Å²) in [6, 6.07) is 3.45. The van der Waals surface area contributed by atoms with E-state index in [0.29, 0.717) is 15.6 Å². The normalized spacial score (nSPS) is 10.5. The fourth-order valence-electron chi connectivity index (χ4n) is 1.01. The number of nitrogens with zero attached hydrogens (tertiary/aromatic N) is 2. The molecule has 12 heavy (non-hydrogen) atoms. The third-order valence-electron chi connectivity index (χ3n) is 1.57. The molecule has 0 aliphatic rings. The molecule has 4 heteroatoms. The van der Waals surface area contributed by atoms with Gasteiger partial charge < -0.3 is 0 Å². The molecule has 0 aliphatic carbocycles. The van der Waals surface area contributed by atoms with Gasteiger partial charge in [0.25, 0.3) is 0 Å². The first-order valence-corrected chi connectivity index (χ1v) is 4.08. The molecule has 0 fully saturated rings. The van der Waals surface area contributed by atoms with E-state index in [2.05, 4.69) is 9.97 Å². The van der Waals surface area contributed by atoms with E-state index >= 15 is 0 Å². The molecule has 1 aromatic carbocycles. The van der Waals surface area contributed by atoms with Crippen LogP contribution in [-0.2, 0) is 0 Å². The Morgan fingerprint density at radius 3 is 2.58 bits per heavy atom. The summed E-state index contributed by atoms with van der Waals surface area (Å²) in [7, 11) is 0. The third kappa shape index (κ3) is 1.13. The molecule has 0 saturated heterocycles. The summed E-state index contributed by atoms with van der Waals surface area (Å²) in [5.41, 5.74) is 0.694. The minimum absolute atomic E-state index is 0.594. The van der Waals surface area contributed by atoms with E-state index < -0.39 is 0 Å². The van der Waals surface area contributed by atoms with Gasteiger partial charge in [0.05, 0.1) is 15.6 Å². The summed E-state index contributed by atoms with van der Waals surface area (Å²) in [5.74, 6) is 0. The lowest BCUT2D eigenvalue weighted by Crippen LogP contribution is -1.82. The fraction of sp³-hybridized carbons (Fsp3) is 0. The van der Waals surface area contributed by atoms with Crippen molar-refractivity contribution in [2.45, 2.75) is 0 Å². The van der Waals surface area contributed by atoms with Gasteiger partial charge in [-0.2, -0.15) is 0 Å². The maximum absolute atomic E-state index is 5.89. The molecule has 0 radical (unpaired) electrons. The lowest BCUT2D eigenvalue weighted by Gasteiger charge is -1.99. The summed E-state index contributed by atoms with van der Waals surface area (Å²) >= 11 is 11.8. The SMILES string of the molecule is Clc1ccc(Cl)c2ncncc12. The van der Waals surface area contributed by atoms with Crippen molar-refractivity contribution >= 4 is 34.1 Å². The minimum Gasteiger partial charge on any atom is -0.244 e. The summed E-state index contributed by atoms with van der Waals surface area (Å²) in [5, 5.41) is 2.00.